The monoisotopic (exact) mass is 282 g/mol. The van der Waals surface area contributed by atoms with Crippen molar-refractivity contribution in [1.29, 1.82) is 0 Å². The summed E-state index contributed by atoms with van der Waals surface area (Å²) in [6.45, 7) is 4.35. The number of hydrogen-bond donors (Lipinski definition) is 0. The van der Waals surface area contributed by atoms with Crippen LogP contribution in [-0.2, 0) is 0 Å². The second kappa shape index (κ2) is 5.60. The molecule has 0 amide bonds. The number of ketones is 1. The number of para-hydroxylation sites is 1. The Morgan fingerprint density at radius 3 is 2.81 bits per heavy atom. The van der Waals surface area contributed by atoms with Gasteiger partial charge in [-0.05, 0) is 32.0 Å². The Hall–Kier alpha value is -2.29. The Kier molecular flexibility index (Phi) is 3.65. The molecule has 1 heterocycles. The number of benzene rings is 2. The summed E-state index contributed by atoms with van der Waals surface area (Å²) >= 11 is 0. The number of carbonyl (C=O) groups excluding carboxylic acids is 1. The van der Waals surface area contributed by atoms with Gasteiger partial charge in [0.15, 0.2) is 5.78 Å². The highest BCUT2D eigenvalue weighted by Crippen LogP contribution is 2.35. The molecule has 3 rings (SSSR count). The summed E-state index contributed by atoms with van der Waals surface area (Å²) in [6.07, 6.45) is 0.0888. The van der Waals surface area contributed by atoms with Crippen molar-refractivity contribution >= 4 is 5.78 Å². The van der Waals surface area contributed by atoms with Crippen molar-refractivity contribution in [3.63, 3.8) is 0 Å². The molecule has 3 heteroatoms. The van der Waals surface area contributed by atoms with Crippen molar-refractivity contribution in [2.24, 2.45) is 0 Å². The molecule has 2 aromatic carbocycles. The molecule has 0 N–H and O–H groups in total. The van der Waals surface area contributed by atoms with Gasteiger partial charge in [0.1, 0.15) is 18.1 Å². The first-order valence-corrected chi connectivity index (χ1v) is 7.18. The van der Waals surface area contributed by atoms with Crippen LogP contribution in [0.5, 0.6) is 11.5 Å². The zero-order chi connectivity index (χ0) is 14.8. The number of rotatable bonds is 4. The van der Waals surface area contributed by atoms with E-state index in [1.807, 2.05) is 62.4 Å². The molecule has 0 fully saturated rings. The van der Waals surface area contributed by atoms with E-state index in [1.54, 1.807) is 0 Å². The molecule has 108 valence electrons. The lowest BCUT2D eigenvalue weighted by Crippen LogP contribution is -2.14. The molecule has 0 aliphatic carbocycles. The van der Waals surface area contributed by atoms with E-state index in [-0.39, 0.29) is 17.8 Å². The van der Waals surface area contributed by atoms with Crippen molar-refractivity contribution in [3.05, 3.63) is 59.7 Å². The number of fused-ring (bicyclic) bond motifs is 1. The maximum absolute atomic E-state index is 12.7. The molecule has 3 nitrogen and oxygen atoms in total. The van der Waals surface area contributed by atoms with Gasteiger partial charge in [0.05, 0.1) is 12.0 Å². The van der Waals surface area contributed by atoms with Crippen molar-refractivity contribution in [1.82, 2.24) is 0 Å². The summed E-state index contributed by atoms with van der Waals surface area (Å²) in [5, 5.41) is 0. The van der Waals surface area contributed by atoms with Crippen LogP contribution in [0.4, 0.5) is 0 Å². The Morgan fingerprint density at radius 2 is 2.00 bits per heavy atom. The van der Waals surface area contributed by atoms with Gasteiger partial charge in [0.2, 0.25) is 0 Å². The van der Waals surface area contributed by atoms with E-state index in [0.29, 0.717) is 12.2 Å². The lowest BCUT2D eigenvalue weighted by Gasteiger charge is -2.12. The van der Waals surface area contributed by atoms with Gasteiger partial charge in [0.25, 0.3) is 0 Å². The van der Waals surface area contributed by atoms with E-state index in [2.05, 4.69) is 0 Å². The van der Waals surface area contributed by atoms with Crippen LogP contribution >= 0.6 is 0 Å². The van der Waals surface area contributed by atoms with Gasteiger partial charge in [0, 0.05) is 11.1 Å². The summed E-state index contributed by atoms with van der Waals surface area (Å²) in [7, 11) is 0. The maximum Gasteiger partial charge on any atom is 0.174 e. The number of ether oxygens (including phenoxy) is 2. The summed E-state index contributed by atoms with van der Waals surface area (Å²) in [5.74, 6) is 1.39. The van der Waals surface area contributed by atoms with Crippen LogP contribution in [-0.4, -0.2) is 18.5 Å². The molecule has 1 aliphatic rings. The normalized spacial score (nSPS) is 16.4. The Labute approximate surface area is 124 Å². The Morgan fingerprint density at radius 1 is 1.19 bits per heavy atom. The van der Waals surface area contributed by atoms with E-state index in [4.69, 9.17) is 9.47 Å². The van der Waals surface area contributed by atoms with E-state index in [9.17, 15) is 4.79 Å². The van der Waals surface area contributed by atoms with Gasteiger partial charge in [-0.3, -0.25) is 4.79 Å². The van der Waals surface area contributed by atoms with Crippen molar-refractivity contribution in [2.45, 2.75) is 25.9 Å². The number of carbonyl (C=O) groups is 1. The van der Waals surface area contributed by atoms with Crippen LogP contribution < -0.4 is 9.47 Å². The minimum Gasteiger partial charge on any atom is -0.492 e. The molecule has 2 aromatic rings. The molecule has 0 saturated heterocycles. The Bertz CT molecular complexity index is 661. The minimum absolute atomic E-state index is 0.0779. The standard InChI is InChI=1S/C18H18O3/c1-12(2)21-14-7-5-6-13(10-14)18(19)16-11-20-17-9-4-3-8-15(16)17/h3-10,12,16H,11H2,1-2H3. The minimum atomic E-state index is -0.226. The first kappa shape index (κ1) is 13.7. The lowest BCUT2D eigenvalue weighted by molar-refractivity contribution is 0.0946. The lowest BCUT2D eigenvalue weighted by atomic mass is 9.92. The quantitative estimate of drug-likeness (QED) is 0.799. The van der Waals surface area contributed by atoms with Crippen LogP contribution in [0.2, 0.25) is 0 Å². The highest BCUT2D eigenvalue weighted by molar-refractivity contribution is 6.02. The second-order valence-corrected chi connectivity index (χ2v) is 5.46. The maximum atomic E-state index is 12.7. The van der Waals surface area contributed by atoms with Gasteiger partial charge in [-0.2, -0.15) is 0 Å². The van der Waals surface area contributed by atoms with E-state index < -0.39 is 0 Å². The molecule has 1 atom stereocenters. The van der Waals surface area contributed by atoms with Gasteiger partial charge < -0.3 is 9.47 Å². The fraction of sp³-hybridized carbons (Fsp3) is 0.278. The van der Waals surface area contributed by atoms with Gasteiger partial charge >= 0.3 is 0 Å². The molecule has 21 heavy (non-hydrogen) atoms. The van der Waals surface area contributed by atoms with E-state index >= 15 is 0 Å². The smallest absolute Gasteiger partial charge is 0.174 e. The first-order valence-electron chi connectivity index (χ1n) is 7.18. The largest absolute Gasteiger partial charge is 0.492 e. The summed E-state index contributed by atoms with van der Waals surface area (Å²) < 4.78 is 11.3. The van der Waals surface area contributed by atoms with Crippen LogP contribution in [0.25, 0.3) is 0 Å². The Balaban J connectivity index is 1.86. The molecule has 0 spiro atoms. The van der Waals surface area contributed by atoms with Crippen LogP contribution in [0, 0.1) is 0 Å². The third kappa shape index (κ3) is 2.77. The first-order chi connectivity index (χ1) is 10.1. The van der Waals surface area contributed by atoms with Crippen molar-refractivity contribution < 1.29 is 14.3 Å². The van der Waals surface area contributed by atoms with E-state index in [1.165, 1.54) is 0 Å². The number of Topliss-reactive ketones (excluding diaryl/α,β-unsaturated/α-hetero) is 1. The molecule has 0 aromatic heterocycles. The fourth-order valence-electron chi connectivity index (χ4n) is 2.58. The molecular formula is C18H18O3. The topological polar surface area (TPSA) is 35.5 Å². The summed E-state index contributed by atoms with van der Waals surface area (Å²) in [6, 6.07) is 15.1. The van der Waals surface area contributed by atoms with Gasteiger partial charge in [-0.1, -0.05) is 30.3 Å². The van der Waals surface area contributed by atoms with Crippen LogP contribution in [0.1, 0.15) is 35.7 Å². The molecule has 0 radical (unpaired) electrons. The molecule has 1 aliphatic heterocycles. The zero-order valence-corrected chi connectivity index (χ0v) is 12.2. The predicted molar refractivity (Wildman–Crippen MR) is 81.2 cm³/mol. The highest BCUT2D eigenvalue weighted by atomic mass is 16.5. The van der Waals surface area contributed by atoms with Crippen LogP contribution in [0.3, 0.4) is 0 Å². The van der Waals surface area contributed by atoms with Gasteiger partial charge in [-0.15, -0.1) is 0 Å². The van der Waals surface area contributed by atoms with Crippen molar-refractivity contribution in [3.8, 4) is 11.5 Å². The molecular weight excluding hydrogens is 264 g/mol. The average molecular weight is 282 g/mol. The van der Waals surface area contributed by atoms with E-state index in [0.717, 1.165) is 17.1 Å². The van der Waals surface area contributed by atoms with Crippen LogP contribution in [0.15, 0.2) is 48.5 Å². The summed E-state index contributed by atoms with van der Waals surface area (Å²) in [5.41, 5.74) is 1.64. The summed E-state index contributed by atoms with van der Waals surface area (Å²) in [4.78, 5) is 12.7. The van der Waals surface area contributed by atoms with Gasteiger partial charge in [-0.25, -0.2) is 0 Å². The van der Waals surface area contributed by atoms with Crippen molar-refractivity contribution in [2.75, 3.05) is 6.61 Å². The average Bonchev–Trinajstić information content (AvgIpc) is 2.90. The third-order valence-electron chi connectivity index (χ3n) is 3.51. The molecule has 0 bridgehead atoms. The third-order valence-corrected chi connectivity index (χ3v) is 3.51. The predicted octanol–water partition coefficient (Wildman–Crippen LogP) is 3.83. The second-order valence-electron chi connectivity index (χ2n) is 5.46. The molecule has 0 saturated carbocycles. The zero-order valence-electron chi connectivity index (χ0n) is 12.2. The molecule has 1 unspecified atom stereocenters. The fourth-order valence-corrected chi connectivity index (χ4v) is 2.58. The highest BCUT2D eigenvalue weighted by Gasteiger charge is 2.30. The number of hydrogen-bond acceptors (Lipinski definition) is 3. The SMILES string of the molecule is CC(C)Oc1cccc(C(=O)C2COc3ccccc32)c1.